The summed E-state index contributed by atoms with van der Waals surface area (Å²) in [5, 5.41) is 16.3. The van der Waals surface area contributed by atoms with E-state index in [-0.39, 0.29) is 0 Å². The SMILES string of the molecule is CC1CCCB(C#N)C1.CCC(C)c1cnn2c(N(C(=O)OC(C)(C)C)c3cccc(SC)c3)cc(NC)nc12. The van der Waals surface area contributed by atoms with E-state index in [2.05, 4.69) is 37.2 Å². The topological polar surface area (TPSA) is 95.6 Å². The Bertz CT molecular complexity index is 1330. The second-order valence-corrected chi connectivity index (χ2v) is 12.4. The summed E-state index contributed by atoms with van der Waals surface area (Å²) in [4.78, 5) is 20.8. The van der Waals surface area contributed by atoms with Crippen molar-refractivity contribution in [1.29, 1.82) is 5.26 Å². The van der Waals surface area contributed by atoms with E-state index >= 15 is 0 Å². The molecule has 1 N–H and O–H groups in total. The maximum absolute atomic E-state index is 13.4. The normalized spacial score (nSPS) is 16.0. The van der Waals surface area contributed by atoms with E-state index in [1.165, 1.54) is 12.8 Å². The number of aromatic nitrogens is 3. The lowest BCUT2D eigenvalue weighted by atomic mass is 9.41. The molecule has 4 rings (SSSR count). The number of thioether (sulfide) groups is 1. The summed E-state index contributed by atoms with van der Waals surface area (Å²) in [5.74, 6) is 4.64. The van der Waals surface area contributed by atoms with Crippen LogP contribution in [0.3, 0.4) is 0 Å². The van der Waals surface area contributed by atoms with Gasteiger partial charge in [0.25, 0.3) is 6.71 Å². The van der Waals surface area contributed by atoms with Gasteiger partial charge in [0, 0.05) is 29.5 Å². The van der Waals surface area contributed by atoms with Crippen molar-refractivity contribution in [2.45, 2.75) is 89.9 Å². The predicted octanol–water partition coefficient (Wildman–Crippen LogP) is 8.05. The van der Waals surface area contributed by atoms with Gasteiger partial charge in [-0.2, -0.15) is 9.61 Å². The molecule has 0 radical (unpaired) electrons. The van der Waals surface area contributed by atoms with Crippen LogP contribution >= 0.6 is 11.8 Å². The molecule has 1 aliphatic heterocycles. The Morgan fingerprint density at radius 2 is 2.12 bits per heavy atom. The maximum atomic E-state index is 13.4. The van der Waals surface area contributed by atoms with E-state index in [1.807, 2.05) is 70.6 Å². The first-order chi connectivity index (χ1) is 19.0. The molecule has 40 heavy (non-hydrogen) atoms. The van der Waals surface area contributed by atoms with Crippen LogP contribution in [0.2, 0.25) is 12.6 Å². The first-order valence-corrected chi connectivity index (χ1v) is 15.4. The van der Waals surface area contributed by atoms with Crippen LogP contribution < -0.4 is 10.2 Å². The number of fused-ring (bicyclic) bond motifs is 1. The minimum absolute atomic E-state index is 0.291. The third-order valence-corrected chi connectivity index (χ3v) is 7.84. The standard InChI is InChI=1S/C23H31N5O2S.C7H12BN/c1-8-15(2)18-14-25-28-20(13-19(24-6)26-21(18)28)27(22(29)30-23(3,4)5)16-10-9-11-17(12-16)31-7;1-7-3-2-4-8(5-7)6-9/h9-15H,8H2,1-7H3,(H,24,26);7H,2-5H2,1H3. The molecule has 0 saturated carbocycles. The molecular weight excluding hydrogens is 519 g/mol. The lowest BCUT2D eigenvalue weighted by Crippen LogP contribution is -2.35. The molecule has 0 aliphatic carbocycles. The molecular formula is C30H43BN6O2S. The summed E-state index contributed by atoms with van der Waals surface area (Å²) < 4.78 is 7.50. The third kappa shape index (κ3) is 7.94. The van der Waals surface area contributed by atoms with Crippen molar-refractivity contribution in [3.8, 4) is 5.97 Å². The third-order valence-electron chi connectivity index (χ3n) is 7.12. The van der Waals surface area contributed by atoms with Gasteiger partial charge in [-0.1, -0.05) is 52.3 Å². The number of benzene rings is 1. The number of anilines is 3. The molecule has 1 amide bonds. The Labute approximate surface area is 244 Å². The summed E-state index contributed by atoms with van der Waals surface area (Å²) in [6.07, 6.45) is 9.21. The number of ether oxygens (including phenoxy) is 1. The first-order valence-electron chi connectivity index (χ1n) is 14.1. The first kappa shape index (κ1) is 31.3. The highest BCUT2D eigenvalue weighted by molar-refractivity contribution is 7.98. The molecule has 0 spiro atoms. The van der Waals surface area contributed by atoms with Crippen LogP contribution in [-0.4, -0.2) is 46.3 Å². The zero-order chi connectivity index (χ0) is 29.4. The van der Waals surface area contributed by atoms with E-state index in [0.717, 1.165) is 41.1 Å². The molecule has 214 valence electrons. The molecule has 1 saturated heterocycles. The quantitative estimate of drug-likeness (QED) is 0.240. The van der Waals surface area contributed by atoms with Crippen molar-refractivity contribution in [3.63, 3.8) is 0 Å². The zero-order valence-corrected chi connectivity index (χ0v) is 26.0. The van der Waals surface area contributed by atoms with Crippen molar-refractivity contribution in [2.24, 2.45) is 5.92 Å². The van der Waals surface area contributed by atoms with Crippen LogP contribution in [-0.2, 0) is 4.74 Å². The molecule has 2 unspecified atom stereocenters. The summed E-state index contributed by atoms with van der Waals surface area (Å²) in [7, 11) is 1.81. The van der Waals surface area contributed by atoms with Gasteiger partial charge in [0.05, 0.1) is 11.9 Å². The largest absolute Gasteiger partial charge is 0.443 e. The van der Waals surface area contributed by atoms with E-state index < -0.39 is 11.7 Å². The molecule has 1 aliphatic rings. The number of hydrogen-bond acceptors (Lipinski definition) is 7. The lowest BCUT2D eigenvalue weighted by molar-refractivity contribution is 0.0597. The molecule has 1 fully saturated rings. The van der Waals surface area contributed by atoms with Crippen LogP contribution in [0.25, 0.3) is 5.65 Å². The van der Waals surface area contributed by atoms with Crippen molar-refractivity contribution < 1.29 is 9.53 Å². The molecule has 1 aromatic carbocycles. The van der Waals surface area contributed by atoms with Crippen LogP contribution in [0.1, 0.15) is 72.3 Å². The number of nitrogens with zero attached hydrogens (tertiary/aromatic N) is 5. The van der Waals surface area contributed by atoms with Gasteiger partial charge in [-0.15, -0.1) is 11.8 Å². The molecule has 2 atom stereocenters. The molecule has 0 bridgehead atoms. The van der Waals surface area contributed by atoms with Crippen LogP contribution in [0.5, 0.6) is 0 Å². The monoisotopic (exact) mass is 562 g/mol. The highest BCUT2D eigenvalue weighted by atomic mass is 32.2. The second kappa shape index (κ2) is 13.9. The van der Waals surface area contributed by atoms with Gasteiger partial charge in [0.15, 0.2) is 5.65 Å². The van der Waals surface area contributed by atoms with E-state index in [4.69, 9.17) is 15.0 Å². The molecule has 3 aromatic rings. The average Bonchev–Trinajstić information content (AvgIpc) is 3.36. The van der Waals surface area contributed by atoms with Gasteiger partial charge in [-0.25, -0.2) is 19.9 Å². The maximum Gasteiger partial charge on any atom is 0.420 e. The summed E-state index contributed by atoms with van der Waals surface area (Å²) in [6.45, 7) is 12.5. The number of nitrogens with one attached hydrogen (secondary N) is 1. The fourth-order valence-electron chi connectivity index (χ4n) is 4.76. The Kier molecular flexibility index (Phi) is 10.9. The summed E-state index contributed by atoms with van der Waals surface area (Å²) in [6, 6.07) is 9.63. The molecule has 10 heteroatoms. The number of rotatable bonds is 6. The van der Waals surface area contributed by atoms with Gasteiger partial charge in [-0.3, -0.25) is 0 Å². The number of amides is 1. The Morgan fingerprint density at radius 3 is 2.70 bits per heavy atom. The van der Waals surface area contributed by atoms with E-state index in [9.17, 15) is 4.79 Å². The van der Waals surface area contributed by atoms with Crippen molar-refractivity contribution >= 4 is 47.5 Å². The van der Waals surface area contributed by atoms with E-state index in [0.29, 0.717) is 30.0 Å². The van der Waals surface area contributed by atoms with Crippen molar-refractivity contribution in [3.05, 3.63) is 42.1 Å². The fraction of sp³-hybridized carbons (Fsp3) is 0.533. The van der Waals surface area contributed by atoms with E-state index in [1.54, 1.807) is 21.2 Å². The molecule has 8 nitrogen and oxygen atoms in total. The number of nitriles is 1. The second-order valence-electron chi connectivity index (χ2n) is 11.5. The van der Waals surface area contributed by atoms with Crippen LogP contribution in [0.15, 0.2) is 41.4 Å². The van der Waals surface area contributed by atoms with Crippen molar-refractivity contribution in [2.75, 3.05) is 23.5 Å². The van der Waals surface area contributed by atoms with Gasteiger partial charge < -0.3 is 10.1 Å². The fourth-order valence-corrected chi connectivity index (χ4v) is 5.21. The highest BCUT2D eigenvalue weighted by Gasteiger charge is 2.29. The van der Waals surface area contributed by atoms with Gasteiger partial charge in [-0.05, 0) is 63.5 Å². The average molecular weight is 563 g/mol. The van der Waals surface area contributed by atoms with Crippen molar-refractivity contribution in [1.82, 2.24) is 14.6 Å². The lowest BCUT2D eigenvalue weighted by Gasteiger charge is -2.28. The Hall–Kier alpha value is -3.19. The van der Waals surface area contributed by atoms with Gasteiger partial charge >= 0.3 is 6.09 Å². The Morgan fingerprint density at radius 1 is 1.38 bits per heavy atom. The van der Waals surface area contributed by atoms with Crippen LogP contribution in [0.4, 0.5) is 22.1 Å². The summed E-state index contributed by atoms with van der Waals surface area (Å²) in [5.41, 5.74) is 1.83. The number of carbonyl (C=O) groups excluding carboxylic acids is 1. The molecule has 2 aromatic heterocycles. The van der Waals surface area contributed by atoms with Gasteiger partial charge in [0.2, 0.25) is 0 Å². The number of carbonyl (C=O) groups is 1. The predicted molar refractivity (Wildman–Crippen MR) is 167 cm³/mol. The Balaban J connectivity index is 0.000000415. The summed E-state index contributed by atoms with van der Waals surface area (Å²) >= 11 is 1.62. The smallest absolute Gasteiger partial charge is 0.420 e. The molecule has 3 heterocycles. The highest BCUT2D eigenvalue weighted by Crippen LogP contribution is 2.34. The van der Waals surface area contributed by atoms with Crippen LogP contribution in [0, 0.1) is 17.1 Å². The minimum atomic E-state index is -0.642. The number of hydrogen-bond donors (Lipinski definition) is 1. The minimum Gasteiger partial charge on any atom is -0.443 e. The zero-order valence-electron chi connectivity index (χ0n) is 25.2. The van der Waals surface area contributed by atoms with Gasteiger partial charge in [0.1, 0.15) is 17.2 Å².